The van der Waals surface area contributed by atoms with E-state index in [-0.39, 0.29) is 12.1 Å². The lowest BCUT2D eigenvalue weighted by Crippen LogP contribution is -2.47. The Kier molecular flexibility index (Phi) is 5.15. The first-order valence-electron chi connectivity index (χ1n) is 7.46. The quantitative estimate of drug-likeness (QED) is 0.822. The number of aliphatic hydroxyl groups is 1. The van der Waals surface area contributed by atoms with Gasteiger partial charge in [-0.05, 0) is 25.0 Å². The number of methoxy groups -OCH3 is 1. The van der Waals surface area contributed by atoms with E-state index in [0.29, 0.717) is 12.4 Å². The number of aromatic nitrogens is 1. The molecule has 2 N–H and O–H groups in total. The third-order valence-corrected chi connectivity index (χ3v) is 4.27. The molecule has 1 aromatic carbocycles. The van der Waals surface area contributed by atoms with Gasteiger partial charge in [-0.1, -0.05) is 32.0 Å². The number of hydrogen-bond acceptors (Lipinski definition) is 4. The molecule has 0 unspecified atom stereocenters. The first-order chi connectivity index (χ1) is 10.2. The number of benzene rings is 1. The Hall–Kier alpha value is -1.65. The third kappa shape index (κ3) is 3.34. The van der Waals surface area contributed by atoms with E-state index in [0.717, 1.165) is 29.3 Å². The zero-order chi connectivity index (χ0) is 15.3. The van der Waals surface area contributed by atoms with Crippen molar-refractivity contribution in [3.8, 4) is 5.88 Å². The van der Waals surface area contributed by atoms with Crippen LogP contribution < -0.4 is 10.1 Å². The van der Waals surface area contributed by atoms with Gasteiger partial charge in [0.1, 0.15) is 0 Å². The van der Waals surface area contributed by atoms with Crippen molar-refractivity contribution < 1.29 is 9.84 Å². The largest absolute Gasteiger partial charge is 0.481 e. The van der Waals surface area contributed by atoms with Crippen molar-refractivity contribution in [1.29, 1.82) is 0 Å². The number of ether oxygens (including phenoxy) is 1. The van der Waals surface area contributed by atoms with Crippen LogP contribution in [0.1, 0.15) is 32.3 Å². The van der Waals surface area contributed by atoms with Gasteiger partial charge in [0.25, 0.3) is 0 Å². The number of hydrogen-bond donors (Lipinski definition) is 2. The lowest BCUT2D eigenvalue weighted by molar-refractivity contribution is 0.149. The molecule has 0 aliphatic carbocycles. The zero-order valence-corrected chi connectivity index (χ0v) is 13.0. The number of para-hydroxylation sites is 1. The summed E-state index contributed by atoms with van der Waals surface area (Å²) in [6.07, 6.45) is 1.76. The summed E-state index contributed by atoms with van der Waals surface area (Å²) >= 11 is 0. The summed E-state index contributed by atoms with van der Waals surface area (Å²) in [7, 11) is 1.64. The van der Waals surface area contributed by atoms with Crippen molar-refractivity contribution in [3.05, 3.63) is 35.9 Å². The molecule has 0 saturated carbocycles. The van der Waals surface area contributed by atoms with Crippen molar-refractivity contribution in [3.63, 3.8) is 0 Å². The predicted molar refractivity (Wildman–Crippen MR) is 85.5 cm³/mol. The molecule has 114 valence electrons. The second kappa shape index (κ2) is 6.87. The van der Waals surface area contributed by atoms with Gasteiger partial charge in [0.2, 0.25) is 5.88 Å². The monoisotopic (exact) mass is 288 g/mol. The van der Waals surface area contributed by atoms with Gasteiger partial charge in [-0.2, -0.15) is 0 Å². The van der Waals surface area contributed by atoms with Crippen molar-refractivity contribution in [2.45, 2.75) is 38.8 Å². The maximum Gasteiger partial charge on any atom is 0.218 e. The summed E-state index contributed by atoms with van der Waals surface area (Å²) < 4.78 is 5.41. The Morgan fingerprint density at radius 2 is 1.95 bits per heavy atom. The smallest absolute Gasteiger partial charge is 0.218 e. The van der Waals surface area contributed by atoms with Crippen molar-refractivity contribution in [2.75, 3.05) is 13.7 Å². The summed E-state index contributed by atoms with van der Waals surface area (Å²) in [4.78, 5) is 4.55. The highest BCUT2D eigenvalue weighted by Gasteiger charge is 2.24. The summed E-state index contributed by atoms with van der Waals surface area (Å²) in [5.74, 6) is 0.639. The molecule has 21 heavy (non-hydrogen) atoms. The highest BCUT2D eigenvalue weighted by Crippen LogP contribution is 2.23. The van der Waals surface area contributed by atoms with Gasteiger partial charge < -0.3 is 15.2 Å². The number of aliphatic hydroxyl groups excluding tert-OH is 1. The summed E-state index contributed by atoms with van der Waals surface area (Å²) in [5.41, 5.74) is 1.70. The molecule has 0 spiro atoms. The minimum Gasteiger partial charge on any atom is -0.481 e. The molecule has 0 radical (unpaired) electrons. The van der Waals surface area contributed by atoms with Crippen LogP contribution in [0.5, 0.6) is 5.88 Å². The summed E-state index contributed by atoms with van der Waals surface area (Å²) in [6.45, 7) is 4.93. The number of pyridine rings is 1. The average Bonchev–Trinajstić information content (AvgIpc) is 2.55. The number of nitrogens with one attached hydrogen (secondary N) is 1. The first-order valence-corrected chi connectivity index (χ1v) is 7.46. The van der Waals surface area contributed by atoms with Crippen molar-refractivity contribution in [1.82, 2.24) is 10.3 Å². The summed E-state index contributed by atoms with van der Waals surface area (Å²) in [6, 6.07) is 10.1. The maximum atomic E-state index is 9.64. The van der Waals surface area contributed by atoms with Crippen LogP contribution in [0.2, 0.25) is 0 Å². The van der Waals surface area contributed by atoms with E-state index in [1.807, 2.05) is 24.3 Å². The maximum absolute atomic E-state index is 9.64. The molecule has 4 nitrogen and oxygen atoms in total. The topological polar surface area (TPSA) is 54.4 Å². The lowest BCUT2D eigenvalue weighted by Gasteiger charge is -2.31. The average molecular weight is 288 g/mol. The van der Waals surface area contributed by atoms with E-state index in [1.165, 1.54) is 0 Å². The first kappa shape index (κ1) is 15.7. The van der Waals surface area contributed by atoms with Gasteiger partial charge in [0.15, 0.2) is 0 Å². The molecule has 0 fully saturated rings. The number of nitrogens with zero attached hydrogens (tertiary/aromatic N) is 1. The molecule has 0 saturated heterocycles. The molecule has 1 heterocycles. The van der Waals surface area contributed by atoms with Gasteiger partial charge in [-0.3, -0.25) is 0 Å². The van der Waals surface area contributed by atoms with Gasteiger partial charge in [0, 0.05) is 23.0 Å². The molecule has 2 rings (SSSR count). The highest BCUT2D eigenvalue weighted by atomic mass is 16.5. The lowest BCUT2D eigenvalue weighted by atomic mass is 9.93. The fourth-order valence-electron chi connectivity index (χ4n) is 2.51. The molecule has 1 aromatic heterocycles. The van der Waals surface area contributed by atoms with Crippen LogP contribution in [0, 0.1) is 0 Å². The molecular formula is C17H24N2O2. The molecule has 0 aliphatic heterocycles. The molecule has 0 atom stereocenters. The fourth-order valence-corrected chi connectivity index (χ4v) is 2.51. The predicted octanol–water partition coefficient (Wildman–Crippen LogP) is 2.88. The fraction of sp³-hybridized carbons (Fsp3) is 0.471. The van der Waals surface area contributed by atoms with Crippen LogP contribution in [0.15, 0.2) is 30.3 Å². The van der Waals surface area contributed by atoms with Crippen LogP contribution in [0.3, 0.4) is 0 Å². The van der Waals surface area contributed by atoms with Crippen LogP contribution in [0.25, 0.3) is 10.9 Å². The Labute approximate surface area is 126 Å². The van der Waals surface area contributed by atoms with Crippen molar-refractivity contribution >= 4 is 10.9 Å². The summed E-state index contributed by atoms with van der Waals surface area (Å²) in [5, 5.41) is 14.2. The van der Waals surface area contributed by atoms with E-state index in [1.54, 1.807) is 7.11 Å². The second-order valence-corrected chi connectivity index (χ2v) is 5.35. The van der Waals surface area contributed by atoms with Crippen LogP contribution >= 0.6 is 0 Å². The molecule has 0 amide bonds. The van der Waals surface area contributed by atoms with Gasteiger partial charge in [0.05, 0.1) is 19.2 Å². The molecule has 0 bridgehead atoms. The van der Waals surface area contributed by atoms with Crippen LogP contribution in [-0.4, -0.2) is 29.3 Å². The van der Waals surface area contributed by atoms with E-state index in [9.17, 15) is 5.11 Å². The van der Waals surface area contributed by atoms with Crippen LogP contribution in [-0.2, 0) is 6.54 Å². The van der Waals surface area contributed by atoms with Gasteiger partial charge >= 0.3 is 0 Å². The minimum absolute atomic E-state index is 0.128. The highest BCUT2D eigenvalue weighted by molar-refractivity contribution is 5.80. The van der Waals surface area contributed by atoms with E-state index < -0.39 is 0 Å². The van der Waals surface area contributed by atoms with Gasteiger partial charge in [-0.25, -0.2) is 4.98 Å². The van der Waals surface area contributed by atoms with Crippen LogP contribution in [0.4, 0.5) is 0 Å². The van der Waals surface area contributed by atoms with E-state index >= 15 is 0 Å². The number of rotatable bonds is 7. The number of fused-ring (bicyclic) bond motifs is 1. The minimum atomic E-state index is -0.239. The Bertz CT molecular complexity index is 586. The Morgan fingerprint density at radius 3 is 2.57 bits per heavy atom. The molecular weight excluding hydrogens is 264 g/mol. The third-order valence-electron chi connectivity index (χ3n) is 4.27. The molecule has 4 heteroatoms. The normalized spacial score (nSPS) is 11.8. The molecule has 2 aromatic rings. The SMILES string of the molecule is CCC(CC)(CO)NCc1cc2ccccc2nc1OC. The van der Waals surface area contributed by atoms with Gasteiger partial charge in [-0.15, -0.1) is 0 Å². The Balaban J connectivity index is 2.28. The zero-order valence-electron chi connectivity index (χ0n) is 13.0. The van der Waals surface area contributed by atoms with E-state index in [2.05, 4.69) is 30.2 Å². The van der Waals surface area contributed by atoms with E-state index in [4.69, 9.17) is 4.74 Å². The molecule has 0 aliphatic rings. The standard InChI is InChI=1S/C17H24N2O2/c1-4-17(5-2,12-20)18-11-14-10-13-8-6-7-9-15(13)19-16(14)21-3/h6-10,18,20H,4-5,11-12H2,1-3H3. The second-order valence-electron chi connectivity index (χ2n) is 5.35. The van der Waals surface area contributed by atoms with Crippen molar-refractivity contribution in [2.24, 2.45) is 0 Å². The Morgan fingerprint density at radius 1 is 1.24 bits per heavy atom.